The van der Waals surface area contributed by atoms with Crippen LogP contribution in [0.4, 0.5) is 5.69 Å². The van der Waals surface area contributed by atoms with Crippen LogP contribution < -0.4 is 5.73 Å². The molecule has 276 valence electrons. The zero-order valence-electron chi connectivity index (χ0n) is 31.9. The maximum absolute atomic E-state index is 12.0. The summed E-state index contributed by atoms with van der Waals surface area (Å²) in [6, 6.07) is 67.5. The van der Waals surface area contributed by atoms with Crippen molar-refractivity contribution >= 4 is 28.2 Å². The molecule has 0 aliphatic heterocycles. The molecule has 4 heteroatoms. The number of aromatic nitrogens is 1. The lowest BCUT2D eigenvalue weighted by Gasteiger charge is -2.08. The van der Waals surface area contributed by atoms with E-state index in [0.717, 1.165) is 44.6 Å². The molecule has 0 atom stereocenters. The average molecular weight is 747 g/mol. The third kappa shape index (κ3) is 6.78. The lowest BCUT2D eigenvalue weighted by atomic mass is 10.00. The Balaban J connectivity index is 0.000000123. The van der Waals surface area contributed by atoms with Gasteiger partial charge in [0.2, 0.25) is 0 Å². The summed E-state index contributed by atoms with van der Waals surface area (Å²) in [5.41, 5.74) is 23.7. The Kier molecular flexibility index (Phi) is 9.58. The van der Waals surface area contributed by atoms with Crippen LogP contribution in [0.3, 0.4) is 0 Å². The Morgan fingerprint density at radius 2 is 0.879 bits per heavy atom. The molecule has 9 aromatic rings. The van der Waals surface area contributed by atoms with E-state index < -0.39 is 0 Å². The van der Waals surface area contributed by atoms with E-state index in [1.54, 1.807) is 13.0 Å². The lowest BCUT2D eigenvalue weighted by molar-refractivity contribution is 0.101. The molecule has 0 radical (unpaired) electrons. The van der Waals surface area contributed by atoms with Crippen LogP contribution in [-0.2, 0) is 0 Å². The molecule has 0 amide bonds. The molecule has 2 aliphatic rings. The van der Waals surface area contributed by atoms with Crippen LogP contribution in [0.2, 0.25) is 0 Å². The Hall–Kier alpha value is -7.69. The Bertz CT molecular complexity index is 2970. The molecule has 0 spiro atoms. The van der Waals surface area contributed by atoms with Gasteiger partial charge in [0.25, 0.3) is 0 Å². The monoisotopic (exact) mass is 746 g/mol. The molecular formula is C54H38N2O2. The fraction of sp³-hybridized carbons (Fsp3) is 0.0185. The summed E-state index contributed by atoms with van der Waals surface area (Å²) >= 11 is 0. The second kappa shape index (κ2) is 15.4. The number of nitrogens with two attached hydrogens (primary N) is 1. The van der Waals surface area contributed by atoms with Crippen molar-refractivity contribution in [2.45, 2.75) is 6.92 Å². The van der Waals surface area contributed by atoms with Gasteiger partial charge in [-0.3, -0.25) is 9.59 Å². The molecule has 8 aromatic carbocycles. The van der Waals surface area contributed by atoms with Crippen LogP contribution in [0.15, 0.2) is 200 Å². The van der Waals surface area contributed by atoms with E-state index in [4.69, 9.17) is 10.7 Å². The molecule has 0 unspecified atom stereocenters. The van der Waals surface area contributed by atoms with E-state index >= 15 is 0 Å². The predicted octanol–water partition coefficient (Wildman–Crippen LogP) is 13.3. The van der Waals surface area contributed by atoms with Crippen molar-refractivity contribution in [3.8, 4) is 66.9 Å². The van der Waals surface area contributed by atoms with Crippen LogP contribution in [0.5, 0.6) is 0 Å². The van der Waals surface area contributed by atoms with Crippen molar-refractivity contribution in [3.05, 3.63) is 217 Å². The van der Waals surface area contributed by atoms with Crippen molar-refractivity contribution < 1.29 is 9.59 Å². The maximum Gasteiger partial charge on any atom is 0.196 e. The summed E-state index contributed by atoms with van der Waals surface area (Å²) in [6.07, 6.45) is 0. The zero-order valence-corrected chi connectivity index (χ0v) is 31.9. The van der Waals surface area contributed by atoms with E-state index in [0.29, 0.717) is 11.3 Å². The van der Waals surface area contributed by atoms with E-state index in [1.807, 2.05) is 84.9 Å². The van der Waals surface area contributed by atoms with Crippen molar-refractivity contribution in [2.24, 2.45) is 0 Å². The summed E-state index contributed by atoms with van der Waals surface area (Å²) in [7, 11) is 0. The summed E-state index contributed by atoms with van der Waals surface area (Å²) in [4.78, 5) is 28.1. The van der Waals surface area contributed by atoms with Gasteiger partial charge in [0.15, 0.2) is 11.6 Å². The van der Waals surface area contributed by atoms with Crippen LogP contribution in [0.1, 0.15) is 33.2 Å². The summed E-state index contributed by atoms with van der Waals surface area (Å²) in [6.45, 7) is 1.58. The minimum Gasteiger partial charge on any atom is -0.398 e. The van der Waals surface area contributed by atoms with Gasteiger partial charge < -0.3 is 5.73 Å². The van der Waals surface area contributed by atoms with Gasteiger partial charge in [0, 0.05) is 27.8 Å². The number of rotatable bonds is 4. The van der Waals surface area contributed by atoms with Crippen LogP contribution in [-0.4, -0.2) is 16.6 Å². The highest BCUT2D eigenvalue weighted by Crippen LogP contribution is 2.47. The van der Waals surface area contributed by atoms with Gasteiger partial charge in [-0.2, -0.15) is 0 Å². The zero-order chi connectivity index (χ0) is 39.6. The Morgan fingerprint density at radius 3 is 1.48 bits per heavy atom. The number of Topliss-reactive ketones (excluding diaryl/α,β-unsaturated/α-hetero) is 1. The number of benzene rings is 8. The first kappa shape index (κ1) is 36.0. The number of ketones is 2. The van der Waals surface area contributed by atoms with Crippen molar-refractivity contribution in [3.63, 3.8) is 0 Å². The van der Waals surface area contributed by atoms with Crippen molar-refractivity contribution in [1.29, 1.82) is 0 Å². The summed E-state index contributed by atoms with van der Waals surface area (Å²) in [5, 5.41) is 1.27. The standard InChI is InChI=1S/C27H17N.C14H12O.C13H9NO/c1-2-7-18(8-3-1)19-13-15-20(16-14-19)26-17-24-22-10-5-4-9-21(22)23-11-6-12-25(28-26)27(23)24;1-11(15)12-7-9-14(10-8-12)13-5-3-2-4-6-13;14-11-7-3-6-9-8-4-1-2-5-10(8)13(15)12(9)11/h1-17H;2-10H,1H3;1-7H,14H2. The van der Waals surface area contributed by atoms with Gasteiger partial charge in [-0.1, -0.05) is 182 Å². The molecule has 0 saturated carbocycles. The number of carbonyl (C=O) groups excluding carboxylic acids is 2. The van der Waals surface area contributed by atoms with Gasteiger partial charge in [-0.25, -0.2) is 4.98 Å². The fourth-order valence-corrected chi connectivity index (χ4v) is 7.92. The molecule has 0 saturated heterocycles. The van der Waals surface area contributed by atoms with Gasteiger partial charge in [0.1, 0.15) is 0 Å². The second-order valence-corrected chi connectivity index (χ2v) is 14.4. The SMILES string of the molecule is CC(=O)c1ccc(-c2ccccc2)cc1.Nc1cccc2c1C(=O)c1ccccc1-2.c1ccc(-c2ccc(-c3cc4c5c(cccc5n3)-c3ccccc3-4)cc2)cc1. The quantitative estimate of drug-likeness (QED) is 0.144. The smallest absolute Gasteiger partial charge is 0.196 e. The number of hydrogen-bond acceptors (Lipinski definition) is 4. The summed E-state index contributed by atoms with van der Waals surface area (Å²) in [5.74, 6) is 0.147. The van der Waals surface area contributed by atoms with Crippen LogP contribution in [0, 0.1) is 0 Å². The first-order chi connectivity index (χ1) is 28.4. The number of fused-ring (bicyclic) bond motifs is 6. The van der Waals surface area contributed by atoms with Gasteiger partial charge in [-0.05, 0) is 80.8 Å². The highest BCUT2D eigenvalue weighted by atomic mass is 16.1. The highest BCUT2D eigenvalue weighted by Gasteiger charge is 2.27. The Morgan fingerprint density at radius 1 is 0.431 bits per heavy atom. The van der Waals surface area contributed by atoms with E-state index in [1.165, 1.54) is 44.3 Å². The molecule has 4 nitrogen and oxygen atoms in total. The van der Waals surface area contributed by atoms with Crippen LogP contribution >= 0.6 is 0 Å². The Labute approximate surface area is 337 Å². The van der Waals surface area contributed by atoms with Gasteiger partial charge in [0.05, 0.1) is 16.8 Å². The predicted molar refractivity (Wildman–Crippen MR) is 239 cm³/mol. The van der Waals surface area contributed by atoms with Crippen molar-refractivity contribution in [2.75, 3.05) is 5.73 Å². The number of pyridine rings is 1. The first-order valence-corrected chi connectivity index (χ1v) is 19.3. The number of hydrogen-bond donors (Lipinski definition) is 1. The number of nitrogens with zero attached hydrogens (tertiary/aromatic N) is 1. The molecule has 11 rings (SSSR count). The fourth-order valence-electron chi connectivity index (χ4n) is 7.92. The topological polar surface area (TPSA) is 73.1 Å². The molecular weight excluding hydrogens is 709 g/mol. The van der Waals surface area contributed by atoms with E-state index in [2.05, 4.69) is 109 Å². The van der Waals surface area contributed by atoms with Crippen molar-refractivity contribution in [1.82, 2.24) is 4.98 Å². The first-order valence-electron chi connectivity index (χ1n) is 19.3. The van der Waals surface area contributed by atoms with Gasteiger partial charge >= 0.3 is 0 Å². The molecule has 58 heavy (non-hydrogen) atoms. The van der Waals surface area contributed by atoms with Gasteiger partial charge in [-0.15, -0.1) is 0 Å². The minimum absolute atomic E-state index is 0.0405. The third-order valence-electron chi connectivity index (χ3n) is 10.8. The average Bonchev–Trinajstić information content (AvgIpc) is 3.77. The molecule has 1 aromatic heterocycles. The lowest BCUT2D eigenvalue weighted by Crippen LogP contribution is -1.99. The highest BCUT2D eigenvalue weighted by molar-refractivity contribution is 6.24. The second-order valence-electron chi connectivity index (χ2n) is 14.4. The van der Waals surface area contributed by atoms with E-state index in [9.17, 15) is 9.59 Å². The minimum atomic E-state index is 0.0405. The number of nitrogen functional groups attached to an aromatic ring is 1. The summed E-state index contributed by atoms with van der Waals surface area (Å²) < 4.78 is 0. The van der Waals surface area contributed by atoms with E-state index in [-0.39, 0.29) is 11.6 Å². The molecule has 0 bridgehead atoms. The largest absolute Gasteiger partial charge is 0.398 e. The third-order valence-corrected chi connectivity index (χ3v) is 10.8. The maximum atomic E-state index is 12.0. The normalized spacial score (nSPS) is 11.4. The molecule has 2 aliphatic carbocycles. The molecule has 0 fully saturated rings. The molecule has 2 N–H and O–H groups in total. The number of anilines is 1. The number of carbonyl (C=O) groups is 2. The van der Waals surface area contributed by atoms with Crippen LogP contribution in [0.25, 0.3) is 77.8 Å². The molecule has 1 heterocycles.